The van der Waals surface area contributed by atoms with Gasteiger partial charge in [-0.15, -0.1) is 0 Å². The minimum absolute atomic E-state index is 0.00204. The average molecular weight is 278 g/mol. The first-order chi connectivity index (χ1) is 8.37. The number of rotatable bonds is 6. The molecule has 0 saturated carbocycles. The second-order valence-electron chi connectivity index (χ2n) is 3.86. The van der Waals surface area contributed by atoms with Crippen molar-refractivity contribution in [1.29, 1.82) is 0 Å². The van der Waals surface area contributed by atoms with E-state index in [0.717, 1.165) is 5.56 Å². The zero-order valence-electron chi connectivity index (χ0n) is 10.0. The standard InChI is InChI=1S/C11H16F2N2O2S/c1-9-2-4-10(5-3-9)18(16,17)15(7-6-14)8-11(12)13/h2-5,11H,6-8,14H2,1H3. The molecule has 0 aliphatic rings. The van der Waals surface area contributed by atoms with E-state index < -0.39 is 23.0 Å². The normalized spacial score (nSPS) is 12.3. The molecule has 1 aromatic carbocycles. The largest absolute Gasteiger partial charge is 0.329 e. The van der Waals surface area contributed by atoms with Crippen molar-refractivity contribution >= 4 is 10.0 Å². The molecule has 18 heavy (non-hydrogen) atoms. The molecule has 0 saturated heterocycles. The van der Waals surface area contributed by atoms with Crippen LogP contribution in [0, 0.1) is 6.92 Å². The zero-order chi connectivity index (χ0) is 13.8. The van der Waals surface area contributed by atoms with Gasteiger partial charge >= 0.3 is 0 Å². The molecule has 4 nitrogen and oxygen atoms in total. The van der Waals surface area contributed by atoms with Crippen LogP contribution < -0.4 is 5.73 Å². The van der Waals surface area contributed by atoms with Gasteiger partial charge < -0.3 is 5.73 Å². The molecule has 0 heterocycles. The highest BCUT2D eigenvalue weighted by Gasteiger charge is 2.26. The lowest BCUT2D eigenvalue weighted by molar-refractivity contribution is 0.120. The summed E-state index contributed by atoms with van der Waals surface area (Å²) in [5, 5.41) is 0. The highest BCUT2D eigenvalue weighted by atomic mass is 32.2. The number of benzene rings is 1. The molecule has 102 valence electrons. The molecule has 0 bridgehead atoms. The summed E-state index contributed by atoms with van der Waals surface area (Å²) in [5.41, 5.74) is 6.15. The van der Waals surface area contributed by atoms with E-state index in [1.165, 1.54) is 12.1 Å². The van der Waals surface area contributed by atoms with E-state index in [0.29, 0.717) is 4.31 Å². The molecule has 1 rings (SSSR count). The van der Waals surface area contributed by atoms with Crippen LogP contribution in [-0.2, 0) is 10.0 Å². The van der Waals surface area contributed by atoms with Crippen LogP contribution in [0.25, 0.3) is 0 Å². The Morgan fingerprint density at radius 3 is 2.28 bits per heavy atom. The molecule has 2 N–H and O–H groups in total. The third-order valence-electron chi connectivity index (χ3n) is 2.38. The number of nitrogens with zero attached hydrogens (tertiary/aromatic N) is 1. The van der Waals surface area contributed by atoms with Gasteiger partial charge in [-0.25, -0.2) is 17.2 Å². The summed E-state index contributed by atoms with van der Waals surface area (Å²) in [6.45, 7) is 0.846. The van der Waals surface area contributed by atoms with Crippen LogP contribution in [0.2, 0.25) is 0 Å². The fourth-order valence-corrected chi connectivity index (χ4v) is 2.90. The van der Waals surface area contributed by atoms with E-state index >= 15 is 0 Å². The van der Waals surface area contributed by atoms with Gasteiger partial charge in [0, 0.05) is 13.1 Å². The minimum Gasteiger partial charge on any atom is -0.329 e. The Bertz CT molecular complexity index is 474. The Labute approximate surface area is 105 Å². The Kier molecular flexibility index (Phi) is 5.18. The van der Waals surface area contributed by atoms with Gasteiger partial charge in [-0.2, -0.15) is 4.31 Å². The molecule has 0 atom stereocenters. The number of aryl methyl sites for hydroxylation is 1. The summed E-state index contributed by atoms with van der Waals surface area (Å²) in [6.07, 6.45) is -2.73. The van der Waals surface area contributed by atoms with Crippen molar-refractivity contribution in [2.75, 3.05) is 19.6 Å². The molecule has 0 spiro atoms. The zero-order valence-corrected chi connectivity index (χ0v) is 10.8. The summed E-state index contributed by atoms with van der Waals surface area (Å²) in [7, 11) is -3.90. The van der Waals surface area contributed by atoms with Crippen LogP contribution in [0.5, 0.6) is 0 Å². The number of alkyl halides is 2. The second kappa shape index (κ2) is 6.21. The molecule has 0 radical (unpaired) electrons. The predicted molar refractivity (Wildman–Crippen MR) is 65.0 cm³/mol. The molecule has 0 amide bonds. The highest BCUT2D eigenvalue weighted by Crippen LogP contribution is 2.17. The topological polar surface area (TPSA) is 63.4 Å². The van der Waals surface area contributed by atoms with Crippen molar-refractivity contribution in [3.63, 3.8) is 0 Å². The summed E-state index contributed by atoms with van der Waals surface area (Å²) in [6, 6.07) is 6.05. The molecule has 7 heteroatoms. The molecular formula is C11H16F2N2O2S. The van der Waals surface area contributed by atoms with E-state index in [1.807, 2.05) is 6.92 Å². The molecule has 0 fully saturated rings. The van der Waals surface area contributed by atoms with Gasteiger partial charge in [0.15, 0.2) is 0 Å². The number of hydrogen-bond acceptors (Lipinski definition) is 3. The van der Waals surface area contributed by atoms with Gasteiger partial charge in [-0.1, -0.05) is 17.7 Å². The summed E-state index contributed by atoms with van der Waals surface area (Å²) in [4.78, 5) is 0.00204. The Morgan fingerprint density at radius 1 is 1.28 bits per heavy atom. The van der Waals surface area contributed by atoms with Crippen LogP contribution in [-0.4, -0.2) is 38.8 Å². The first-order valence-electron chi connectivity index (χ1n) is 5.43. The van der Waals surface area contributed by atoms with E-state index in [2.05, 4.69) is 0 Å². The van der Waals surface area contributed by atoms with Crippen LogP contribution >= 0.6 is 0 Å². The van der Waals surface area contributed by atoms with Crippen molar-refractivity contribution in [2.45, 2.75) is 18.2 Å². The number of nitrogens with two attached hydrogens (primary N) is 1. The molecule has 1 aromatic rings. The Balaban J connectivity index is 3.04. The van der Waals surface area contributed by atoms with Crippen LogP contribution in [0.3, 0.4) is 0 Å². The quantitative estimate of drug-likeness (QED) is 0.850. The van der Waals surface area contributed by atoms with E-state index in [1.54, 1.807) is 12.1 Å². The first-order valence-corrected chi connectivity index (χ1v) is 6.87. The van der Waals surface area contributed by atoms with Gasteiger partial charge in [0.2, 0.25) is 10.0 Å². The van der Waals surface area contributed by atoms with Crippen LogP contribution in [0.15, 0.2) is 29.2 Å². The third-order valence-corrected chi connectivity index (χ3v) is 4.26. The monoisotopic (exact) mass is 278 g/mol. The third kappa shape index (κ3) is 3.72. The van der Waals surface area contributed by atoms with E-state index in [-0.39, 0.29) is 18.0 Å². The maximum Gasteiger partial charge on any atom is 0.252 e. The SMILES string of the molecule is Cc1ccc(S(=O)(=O)N(CCN)CC(F)F)cc1. The fourth-order valence-electron chi connectivity index (χ4n) is 1.47. The Hall–Kier alpha value is -1.05. The van der Waals surface area contributed by atoms with Gasteiger partial charge in [0.25, 0.3) is 6.43 Å². The van der Waals surface area contributed by atoms with Crippen molar-refractivity contribution in [2.24, 2.45) is 5.73 Å². The number of halogens is 2. The Morgan fingerprint density at radius 2 is 1.83 bits per heavy atom. The maximum absolute atomic E-state index is 12.4. The molecule has 0 aromatic heterocycles. The van der Waals surface area contributed by atoms with Crippen molar-refractivity contribution in [3.8, 4) is 0 Å². The van der Waals surface area contributed by atoms with Crippen molar-refractivity contribution in [3.05, 3.63) is 29.8 Å². The van der Waals surface area contributed by atoms with Crippen molar-refractivity contribution in [1.82, 2.24) is 4.31 Å². The smallest absolute Gasteiger partial charge is 0.252 e. The lowest BCUT2D eigenvalue weighted by Crippen LogP contribution is -2.38. The number of sulfonamides is 1. The highest BCUT2D eigenvalue weighted by molar-refractivity contribution is 7.89. The van der Waals surface area contributed by atoms with Gasteiger partial charge in [-0.3, -0.25) is 0 Å². The second-order valence-corrected chi connectivity index (χ2v) is 5.79. The summed E-state index contributed by atoms with van der Waals surface area (Å²) < 4.78 is 49.7. The molecule has 0 aliphatic carbocycles. The summed E-state index contributed by atoms with van der Waals surface area (Å²) in [5.74, 6) is 0. The maximum atomic E-state index is 12.4. The van der Waals surface area contributed by atoms with Crippen LogP contribution in [0.1, 0.15) is 5.56 Å². The van der Waals surface area contributed by atoms with Gasteiger partial charge in [0.1, 0.15) is 0 Å². The molecular weight excluding hydrogens is 262 g/mol. The molecule has 0 unspecified atom stereocenters. The first kappa shape index (κ1) is 15.0. The van der Waals surface area contributed by atoms with E-state index in [9.17, 15) is 17.2 Å². The summed E-state index contributed by atoms with van der Waals surface area (Å²) >= 11 is 0. The lowest BCUT2D eigenvalue weighted by Gasteiger charge is -2.21. The number of hydrogen-bond donors (Lipinski definition) is 1. The minimum atomic E-state index is -3.90. The van der Waals surface area contributed by atoms with Gasteiger partial charge in [0.05, 0.1) is 11.4 Å². The van der Waals surface area contributed by atoms with Gasteiger partial charge in [-0.05, 0) is 19.1 Å². The predicted octanol–water partition coefficient (Wildman–Crippen LogP) is 1.21. The molecule has 0 aliphatic heterocycles. The fraction of sp³-hybridized carbons (Fsp3) is 0.455. The van der Waals surface area contributed by atoms with E-state index in [4.69, 9.17) is 5.73 Å². The van der Waals surface area contributed by atoms with Crippen molar-refractivity contribution < 1.29 is 17.2 Å². The average Bonchev–Trinajstić information content (AvgIpc) is 2.28. The van der Waals surface area contributed by atoms with Crippen LogP contribution in [0.4, 0.5) is 8.78 Å². The lowest BCUT2D eigenvalue weighted by atomic mass is 10.2.